The van der Waals surface area contributed by atoms with Crippen LogP contribution < -0.4 is 10.6 Å². The zero-order chi connectivity index (χ0) is 30.8. The van der Waals surface area contributed by atoms with E-state index in [9.17, 15) is 9.59 Å². The highest BCUT2D eigenvalue weighted by atomic mass is 16.4. The Labute approximate surface area is 256 Å². The molecule has 1 unspecified atom stereocenters. The highest BCUT2D eigenvalue weighted by Crippen LogP contribution is 2.37. The average molecular weight is 589 g/mol. The van der Waals surface area contributed by atoms with Crippen LogP contribution in [0.5, 0.6) is 0 Å². The predicted molar refractivity (Wildman–Crippen MR) is 170 cm³/mol. The molecule has 44 heavy (non-hydrogen) atoms. The molecule has 3 aromatic carbocycles. The van der Waals surface area contributed by atoms with Crippen LogP contribution in [0.1, 0.15) is 56.8 Å². The van der Waals surface area contributed by atoms with E-state index >= 15 is 0 Å². The van der Waals surface area contributed by atoms with Gasteiger partial charge in [0.15, 0.2) is 0 Å². The molecule has 2 aromatic heterocycles. The molecule has 1 saturated heterocycles. The second kappa shape index (κ2) is 12.3. The van der Waals surface area contributed by atoms with Crippen molar-refractivity contribution in [3.8, 4) is 0 Å². The molecule has 1 aliphatic rings. The van der Waals surface area contributed by atoms with Gasteiger partial charge >= 0.3 is 6.09 Å². The first kappa shape index (κ1) is 29.1. The van der Waals surface area contributed by atoms with Crippen molar-refractivity contribution in [3.63, 3.8) is 0 Å². The van der Waals surface area contributed by atoms with E-state index in [0.29, 0.717) is 13.1 Å². The standard InChI is InChI=1S/C36H36N4O4/c1-22-9-11-29(23(2)15-22)34(26-7-5-4-6-8-26)39-33(41)17-25-10-12-31-27(16-25)18-32(44-31)35(30-13-14-37-19-24(30)3)40-20-28(21-40)38-36(42)43/h4-16,18-19,28,34-35,38H,17,20-21H2,1-3H3,(H,39,41)(H,42,43)/t34-,35?/m0/s1. The van der Waals surface area contributed by atoms with Gasteiger partial charge in [0.1, 0.15) is 11.3 Å². The number of hydrogen-bond donors (Lipinski definition) is 3. The maximum absolute atomic E-state index is 13.5. The molecule has 1 aliphatic heterocycles. The summed E-state index contributed by atoms with van der Waals surface area (Å²) in [5.74, 6) is 0.702. The lowest BCUT2D eigenvalue weighted by atomic mass is 9.93. The van der Waals surface area contributed by atoms with Crippen molar-refractivity contribution in [2.75, 3.05) is 13.1 Å². The van der Waals surface area contributed by atoms with Gasteiger partial charge in [-0.2, -0.15) is 0 Å². The van der Waals surface area contributed by atoms with Crippen molar-refractivity contribution >= 4 is 23.0 Å². The van der Waals surface area contributed by atoms with Crippen LogP contribution in [0.4, 0.5) is 4.79 Å². The van der Waals surface area contributed by atoms with Crippen LogP contribution in [-0.2, 0) is 11.2 Å². The van der Waals surface area contributed by atoms with E-state index in [1.807, 2.05) is 73.8 Å². The molecule has 224 valence electrons. The first-order valence-electron chi connectivity index (χ1n) is 14.8. The molecule has 1 fully saturated rings. The van der Waals surface area contributed by atoms with Crippen molar-refractivity contribution in [1.29, 1.82) is 0 Å². The van der Waals surface area contributed by atoms with Gasteiger partial charge in [-0.25, -0.2) is 4.79 Å². The summed E-state index contributed by atoms with van der Waals surface area (Å²) in [5.41, 5.74) is 8.15. The Morgan fingerprint density at radius 3 is 2.48 bits per heavy atom. The number of benzene rings is 3. The summed E-state index contributed by atoms with van der Waals surface area (Å²) in [7, 11) is 0. The molecule has 0 aliphatic carbocycles. The lowest BCUT2D eigenvalue weighted by molar-refractivity contribution is -0.120. The number of carbonyl (C=O) groups is 2. The van der Waals surface area contributed by atoms with Gasteiger partial charge in [0.25, 0.3) is 0 Å². The van der Waals surface area contributed by atoms with Crippen LogP contribution in [0, 0.1) is 20.8 Å². The molecule has 0 radical (unpaired) electrons. The number of hydrogen-bond acceptors (Lipinski definition) is 5. The van der Waals surface area contributed by atoms with Gasteiger partial charge in [-0.05, 0) is 78.4 Å². The quantitative estimate of drug-likeness (QED) is 0.188. The van der Waals surface area contributed by atoms with E-state index in [0.717, 1.165) is 50.1 Å². The molecular weight excluding hydrogens is 552 g/mol. The molecule has 2 amide bonds. The third kappa shape index (κ3) is 6.21. The minimum atomic E-state index is -1.02. The summed E-state index contributed by atoms with van der Waals surface area (Å²) >= 11 is 0. The zero-order valence-corrected chi connectivity index (χ0v) is 25.1. The predicted octanol–water partition coefficient (Wildman–Crippen LogP) is 6.24. The number of pyridine rings is 1. The number of carboxylic acid groups (broad SMARTS) is 1. The molecule has 3 N–H and O–H groups in total. The Kier molecular flexibility index (Phi) is 8.17. The first-order chi connectivity index (χ1) is 21.2. The minimum Gasteiger partial charge on any atom is -0.465 e. The fourth-order valence-electron chi connectivity index (χ4n) is 6.20. The van der Waals surface area contributed by atoms with Crippen LogP contribution in [0.25, 0.3) is 11.0 Å². The molecule has 8 heteroatoms. The smallest absolute Gasteiger partial charge is 0.404 e. The third-order valence-electron chi connectivity index (χ3n) is 8.37. The number of rotatable bonds is 9. The topological polar surface area (TPSA) is 108 Å². The number of furan rings is 1. The molecule has 0 saturated carbocycles. The summed E-state index contributed by atoms with van der Waals surface area (Å²) in [5, 5.41) is 15.9. The molecule has 0 spiro atoms. The van der Waals surface area contributed by atoms with Crippen LogP contribution in [0.2, 0.25) is 0 Å². The Balaban J connectivity index is 1.24. The van der Waals surface area contributed by atoms with Gasteiger partial charge in [-0.3, -0.25) is 14.7 Å². The Morgan fingerprint density at radius 2 is 1.75 bits per heavy atom. The first-order valence-corrected chi connectivity index (χ1v) is 14.8. The van der Waals surface area contributed by atoms with Gasteiger partial charge < -0.3 is 20.2 Å². The van der Waals surface area contributed by atoms with Gasteiger partial charge in [-0.1, -0.05) is 60.2 Å². The highest BCUT2D eigenvalue weighted by molar-refractivity contribution is 5.83. The monoisotopic (exact) mass is 588 g/mol. The second-order valence-corrected chi connectivity index (χ2v) is 11.7. The van der Waals surface area contributed by atoms with E-state index in [1.165, 1.54) is 5.56 Å². The lowest BCUT2D eigenvalue weighted by Crippen LogP contribution is -2.59. The summed E-state index contributed by atoms with van der Waals surface area (Å²) in [6.45, 7) is 7.32. The van der Waals surface area contributed by atoms with Crippen molar-refractivity contribution in [1.82, 2.24) is 20.5 Å². The fourth-order valence-corrected chi connectivity index (χ4v) is 6.20. The van der Waals surface area contributed by atoms with Crippen LogP contribution in [-0.4, -0.2) is 46.1 Å². The van der Waals surface area contributed by atoms with Crippen molar-refractivity contribution in [3.05, 3.63) is 136 Å². The van der Waals surface area contributed by atoms with Crippen LogP contribution >= 0.6 is 0 Å². The van der Waals surface area contributed by atoms with Crippen molar-refractivity contribution in [2.24, 2.45) is 0 Å². The number of nitrogens with zero attached hydrogens (tertiary/aromatic N) is 2. The molecule has 8 nitrogen and oxygen atoms in total. The van der Waals surface area contributed by atoms with E-state index in [-0.39, 0.29) is 30.5 Å². The summed E-state index contributed by atoms with van der Waals surface area (Å²) in [6.07, 6.45) is 2.81. The largest absolute Gasteiger partial charge is 0.465 e. The number of carbonyl (C=O) groups excluding carboxylic acids is 1. The number of fused-ring (bicyclic) bond motifs is 1. The Hall–Kier alpha value is -4.95. The number of likely N-dealkylation sites (tertiary alicyclic amines) is 1. The SMILES string of the molecule is Cc1ccc([C@@H](NC(=O)Cc2ccc3oc(C(c4ccncc4C)N4CC(NC(=O)O)C4)cc3c2)c2ccccc2)c(C)c1. The van der Waals surface area contributed by atoms with Crippen molar-refractivity contribution in [2.45, 2.75) is 45.3 Å². The molecule has 3 heterocycles. The summed E-state index contributed by atoms with van der Waals surface area (Å²) < 4.78 is 6.38. The van der Waals surface area contributed by atoms with E-state index < -0.39 is 6.09 Å². The van der Waals surface area contributed by atoms with Crippen LogP contribution in [0.15, 0.2) is 95.7 Å². The van der Waals surface area contributed by atoms with Crippen molar-refractivity contribution < 1.29 is 19.1 Å². The van der Waals surface area contributed by atoms with Crippen LogP contribution in [0.3, 0.4) is 0 Å². The number of nitrogens with one attached hydrogen (secondary N) is 2. The molecular formula is C36H36N4O4. The molecule has 5 aromatic rings. The fraction of sp³-hybridized carbons (Fsp3) is 0.250. The lowest BCUT2D eigenvalue weighted by Gasteiger charge is -2.43. The Morgan fingerprint density at radius 1 is 0.955 bits per heavy atom. The number of aryl methyl sites for hydroxylation is 3. The zero-order valence-electron chi connectivity index (χ0n) is 25.1. The van der Waals surface area contributed by atoms with E-state index in [2.05, 4.69) is 52.6 Å². The normalized spacial score (nSPS) is 15.0. The van der Waals surface area contributed by atoms with E-state index in [1.54, 1.807) is 6.20 Å². The maximum atomic E-state index is 13.5. The average Bonchev–Trinajstić information content (AvgIpc) is 3.39. The Bertz CT molecular complexity index is 1810. The summed E-state index contributed by atoms with van der Waals surface area (Å²) in [4.78, 5) is 31.1. The van der Waals surface area contributed by atoms with Gasteiger partial charge in [0.05, 0.1) is 24.5 Å². The molecule has 0 bridgehead atoms. The highest BCUT2D eigenvalue weighted by Gasteiger charge is 2.37. The van der Waals surface area contributed by atoms with Gasteiger partial charge in [-0.15, -0.1) is 0 Å². The molecule has 6 rings (SSSR count). The number of aromatic nitrogens is 1. The number of amides is 2. The van der Waals surface area contributed by atoms with Gasteiger partial charge in [0.2, 0.25) is 5.91 Å². The third-order valence-corrected chi connectivity index (χ3v) is 8.37. The maximum Gasteiger partial charge on any atom is 0.404 e. The van der Waals surface area contributed by atoms with E-state index in [4.69, 9.17) is 9.52 Å². The minimum absolute atomic E-state index is 0.0651. The molecule has 2 atom stereocenters. The summed E-state index contributed by atoms with van der Waals surface area (Å²) in [6, 6.07) is 25.7. The second-order valence-electron chi connectivity index (χ2n) is 11.7. The van der Waals surface area contributed by atoms with Gasteiger partial charge in [0, 0.05) is 30.9 Å².